The van der Waals surface area contributed by atoms with E-state index in [4.69, 9.17) is 4.74 Å². The van der Waals surface area contributed by atoms with Gasteiger partial charge < -0.3 is 4.74 Å². The molecule has 0 aliphatic rings. The molecule has 248 valence electrons. The second-order valence-electron chi connectivity index (χ2n) is 13.6. The van der Waals surface area contributed by atoms with Crippen LogP contribution in [-0.4, -0.2) is 19.3 Å². The van der Waals surface area contributed by atoms with E-state index >= 15 is 0 Å². The summed E-state index contributed by atoms with van der Waals surface area (Å²) < 4.78 is 38.1. The summed E-state index contributed by atoms with van der Waals surface area (Å²) in [4.78, 5) is 0.318. The van der Waals surface area contributed by atoms with Crippen molar-refractivity contribution in [2.24, 2.45) is 0 Å². The van der Waals surface area contributed by atoms with Crippen LogP contribution in [0.1, 0.15) is 128 Å². The third-order valence-corrected chi connectivity index (χ3v) is 10.2. The van der Waals surface area contributed by atoms with Gasteiger partial charge in [0, 0.05) is 31.1 Å². The highest BCUT2D eigenvalue weighted by Gasteiger charge is 2.27. The highest BCUT2D eigenvalue weighted by molar-refractivity contribution is 7.89. The minimum Gasteiger partial charge on any atom is -0.493 e. The number of hydrogen-bond donors (Lipinski definition) is 0. The van der Waals surface area contributed by atoms with E-state index in [9.17, 15) is 8.42 Å². The molecule has 6 heteroatoms. The molecule has 1 heterocycles. The molecule has 0 N–H and O–H groups in total. The molecule has 0 saturated carbocycles. The fraction of sp³-hybridized carbons (Fsp3) is 0.564. The zero-order chi connectivity index (χ0) is 32.7. The summed E-state index contributed by atoms with van der Waals surface area (Å²) in [6, 6.07) is 17.4. The van der Waals surface area contributed by atoms with Crippen LogP contribution in [0.5, 0.6) is 5.75 Å². The van der Waals surface area contributed by atoms with Crippen molar-refractivity contribution in [3.05, 3.63) is 89.2 Å². The second-order valence-corrected chi connectivity index (χ2v) is 15.6. The van der Waals surface area contributed by atoms with Gasteiger partial charge in [-0.3, -0.25) is 0 Å². The Labute approximate surface area is 275 Å². The zero-order valence-corrected chi connectivity index (χ0v) is 29.8. The Morgan fingerprint density at radius 3 is 2.00 bits per heavy atom. The third-order valence-electron chi connectivity index (χ3n) is 8.39. The molecule has 2 aromatic carbocycles. The van der Waals surface area contributed by atoms with E-state index in [2.05, 4.69) is 51.4 Å². The normalized spacial score (nSPS) is 12.2. The van der Waals surface area contributed by atoms with Gasteiger partial charge in [-0.15, -0.1) is 0 Å². The molecule has 3 aromatic rings. The number of aryl methyl sites for hydroxylation is 2. The number of unbranched alkanes of at least 4 members (excludes halogenated alkanes) is 9. The minimum absolute atomic E-state index is 0.144. The first-order chi connectivity index (χ1) is 21.5. The lowest BCUT2D eigenvalue weighted by molar-refractivity contribution is -0.697. The number of aromatic nitrogens is 1. The Hall–Kier alpha value is -2.70. The molecular weight excluding hydrogens is 577 g/mol. The summed E-state index contributed by atoms with van der Waals surface area (Å²) in [6.45, 7) is 15.1. The first-order valence-electron chi connectivity index (χ1n) is 17.4. The molecule has 0 bridgehead atoms. The van der Waals surface area contributed by atoms with Crippen LogP contribution in [0.2, 0.25) is 0 Å². The van der Waals surface area contributed by atoms with E-state index in [1.54, 1.807) is 16.4 Å². The fourth-order valence-corrected chi connectivity index (χ4v) is 7.13. The number of sulfonamides is 1. The van der Waals surface area contributed by atoms with Crippen LogP contribution in [0, 0.1) is 6.92 Å². The third kappa shape index (κ3) is 12.2. The maximum atomic E-state index is 14.0. The van der Waals surface area contributed by atoms with Gasteiger partial charge in [0.05, 0.1) is 11.5 Å². The van der Waals surface area contributed by atoms with Crippen LogP contribution >= 0.6 is 0 Å². The van der Waals surface area contributed by atoms with Gasteiger partial charge in [-0.2, -0.15) is 4.31 Å². The maximum absolute atomic E-state index is 14.0. The lowest BCUT2D eigenvalue weighted by Crippen LogP contribution is -2.35. The van der Waals surface area contributed by atoms with Gasteiger partial charge in [0.1, 0.15) is 12.3 Å². The summed E-state index contributed by atoms with van der Waals surface area (Å²) in [5.74, 6) is 0.902. The Morgan fingerprint density at radius 1 is 0.756 bits per heavy atom. The van der Waals surface area contributed by atoms with E-state index < -0.39 is 10.0 Å². The van der Waals surface area contributed by atoms with Crippen molar-refractivity contribution in [3.8, 4) is 5.75 Å². The van der Waals surface area contributed by atoms with Crippen molar-refractivity contribution in [2.75, 3.05) is 6.61 Å². The number of ether oxygens (including phenoxy) is 1. The van der Waals surface area contributed by atoms with E-state index in [0.717, 1.165) is 47.4 Å². The van der Waals surface area contributed by atoms with Crippen LogP contribution in [0.25, 0.3) is 0 Å². The van der Waals surface area contributed by atoms with E-state index in [-0.39, 0.29) is 12.0 Å². The number of benzene rings is 2. The standard InChI is InChI=1S/C39H59N2O3S/c1-7-9-10-11-12-13-14-15-16-17-28-44-38-25-22-34(29-37(38)39(4,5)6)31-41(32-35-19-18-27-40(30-35)26-8-2)45(42,43)36-23-20-33(3)21-24-36/h18-25,27,29-30H,7-17,26,28,31-32H2,1-6H3/q+1. The SMILES string of the molecule is CCCCCCCCCCCCOc1ccc(CN(Cc2ccc[n+](CCC)c2)S(=O)(=O)c2ccc(C)cc2)cc1C(C)(C)C. The van der Waals surface area contributed by atoms with E-state index in [1.807, 2.05) is 49.5 Å². The average molecular weight is 636 g/mol. The van der Waals surface area contributed by atoms with Crippen LogP contribution in [-0.2, 0) is 35.1 Å². The molecule has 0 atom stereocenters. The van der Waals surface area contributed by atoms with Gasteiger partial charge in [0.25, 0.3) is 0 Å². The number of hydrogen-bond acceptors (Lipinski definition) is 3. The van der Waals surface area contributed by atoms with E-state index in [0.29, 0.717) is 18.0 Å². The van der Waals surface area contributed by atoms with Crippen molar-refractivity contribution in [1.82, 2.24) is 4.31 Å². The molecule has 0 saturated heterocycles. The Morgan fingerprint density at radius 2 is 1.38 bits per heavy atom. The van der Waals surface area contributed by atoms with Crippen LogP contribution in [0.3, 0.4) is 0 Å². The van der Waals surface area contributed by atoms with Crippen LogP contribution < -0.4 is 9.30 Å². The molecule has 45 heavy (non-hydrogen) atoms. The summed E-state index contributed by atoms with van der Waals surface area (Å²) in [5.41, 5.74) is 3.93. The highest BCUT2D eigenvalue weighted by atomic mass is 32.2. The van der Waals surface area contributed by atoms with E-state index in [1.165, 1.54) is 57.8 Å². The summed E-state index contributed by atoms with van der Waals surface area (Å²) in [7, 11) is -3.74. The molecule has 1 aromatic heterocycles. The topological polar surface area (TPSA) is 50.5 Å². The maximum Gasteiger partial charge on any atom is 0.243 e. The molecule has 3 rings (SSSR count). The van der Waals surface area contributed by atoms with Crippen molar-refractivity contribution in [3.63, 3.8) is 0 Å². The first kappa shape index (κ1) is 36.8. The second kappa shape index (κ2) is 18.4. The smallest absolute Gasteiger partial charge is 0.243 e. The van der Waals surface area contributed by atoms with Crippen molar-refractivity contribution in [2.45, 2.75) is 142 Å². The molecular formula is C39H59N2O3S+. The lowest BCUT2D eigenvalue weighted by Gasteiger charge is -2.26. The fourth-order valence-electron chi connectivity index (χ4n) is 5.72. The molecule has 0 amide bonds. The molecule has 0 aliphatic carbocycles. The number of rotatable bonds is 20. The van der Waals surface area contributed by atoms with Gasteiger partial charge in [0.15, 0.2) is 12.4 Å². The van der Waals surface area contributed by atoms with Crippen molar-refractivity contribution >= 4 is 10.0 Å². The Bertz CT molecular complexity index is 1390. The minimum atomic E-state index is -3.74. The van der Waals surface area contributed by atoms with Crippen LogP contribution in [0.4, 0.5) is 0 Å². The Balaban J connectivity index is 1.73. The summed E-state index contributed by atoms with van der Waals surface area (Å²) in [5, 5.41) is 0. The van der Waals surface area contributed by atoms with Crippen molar-refractivity contribution in [1.29, 1.82) is 0 Å². The molecule has 0 spiro atoms. The largest absolute Gasteiger partial charge is 0.493 e. The Kier molecular flexibility index (Phi) is 15.1. The molecule has 5 nitrogen and oxygen atoms in total. The van der Waals surface area contributed by atoms with Gasteiger partial charge in [-0.25, -0.2) is 13.0 Å². The first-order valence-corrected chi connectivity index (χ1v) is 18.8. The number of nitrogens with zero attached hydrogens (tertiary/aromatic N) is 2. The molecule has 0 radical (unpaired) electrons. The van der Waals surface area contributed by atoms with Crippen molar-refractivity contribution < 1.29 is 17.7 Å². The molecule has 0 fully saturated rings. The zero-order valence-electron chi connectivity index (χ0n) is 29.0. The van der Waals surface area contributed by atoms with Gasteiger partial charge in [0.2, 0.25) is 10.0 Å². The monoisotopic (exact) mass is 635 g/mol. The lowest BCUT2D eigenvalue weighted by atomic mass is 9.85. The highest BCUT2D eigenvalue weighted by Crippen LogP contribution is 2.33. The summed E-state index contributed by atoms with van der Waals surface area (Å²) >= 11 is 0. The quantitative estimate of drug-likeness (QED) is 0.0918. The average Bonchev–Trinajstić information content (AvgIpc) is 3.00. The predicted molar refractivity (Wildman–Crippen MR) is 187 cm³/mol. The van der Waals surface area contributed by atoms with Gasteiger partial charge in [-0.1, -0.05) is 122 Å². The van der Waals surface area contributed by atoms with Gasteiger partial charge in [-0.05, 0) is 54.2 Å². The number of pyridine rings is 1. The molecule has 0 unspecified atom stereocenters. The van der Waals surface area contributed by atoms with Crippen LogP contribution in [0.15, 0.2) is 71.9 Å². The molecule has 0 aliphatic heterocycles. The predicted octanol–water partition coefficient (Wildman–Crippen LogP) is 9.68. The summed E-state index contributed by atoms with van der Waals surface area (Å²) in [6.07, 6.45) is 18.1. The van der Waals surface area contributed by atoms with Gasteiger partial charge >= 0.3 is 0 Å².